The molecule has 4 heterocycles. The van der Waals surface area contributed by atoms with Crippen LogP contribution in [0.3, 0.4) is 0 Å². The van der Waals surface area contributed by atoms with Gasteiger partial charge in [0.2, 0.25) is 24.4 Å². The maximum Gasteiger partial charge on any atom is 0.330 e. The molecule has 26 heteroatoms. The number of benzene rings is 3. The van der Waals surface area contributed by atoms with Gasteiger partial charge in [0.1, 0.15) is 97.6 Å². The minimum Gasteiger partial charge on any atom is -0.571 e. The molecular weight excluding hydrogens is 1050 g/mol. The van der Waals surface area contributed by atoms with Gasteiger partial charge in [-0.2, -0.15) is 0 Å². The Hall–Kier alpha value is -7.28. The van der Waals surface area contributed by atoms with Crippen molar-refractivity contribution >= 4 is 29.8 Å². The van der Waals surface area contributed by atoms with Crippen molar-refractivity contribution in [2.75, 3.05) is 34.0 Å². The van der Waals surface area contributed by atoms with Crippen molar-refractivity contribution in [2.24, 2.45) is 0 Å². The van der Waals surface area contributed by atoms with Crippen molar-refractivity contribution in [3.05, 3.63) is 131 Å². The fourth-order valence-electron chi connectivity index (χ4n) is 8.74. The molecular formula is C53H59O26+. The number of aliphatic hydroxyl groups is 12. The van der Waals surface area contributed by atoms with Gasteiger partial charge in [0.25, 0.3) is 0 Å². The van der Waals surface area contributed by atoms with E-state index in [1.807, 2.05) is 0 Å². The number of phenols is 3. The van der Waals surface area contributed by atoms with Crippen molar-refractivity contribution < 1.29 is 128 Å². The zero-order chi connectivity index (χ0) is 56.8. The predicted molar refractivity (Wildman–Crippen MR) is 265 cm³/mol. The van der Waals surface area contributed by atoms with Crippen LogP contribution in [0, 0.1) is 0 Å². The van der Waals surface area contributed by atoms with Gasteiger partial charge in [-0.3, -0.25) is 0 Å². The molecule has 3 fully saturated rings. The smallest absolute Gasteiger partial charge is 0.330 e. The lowest BCUT2D eigenvalue weighted by Gasteiger charge is -2.46. The van der Waals surface area contributed by atoms with Gasteiger partial charge in [-0.25, -0.2) is 9.59 Å². The van der Waals surface area contributed by atoms with E-state index in [-0.39, 0.29) is 57.2 Å². The number of esters is 2. The van der Waals surface area contributed by atoms with E-state index >= 15 is 0 Å². The van der Waals surface area contributed by atoms with Gasteiger partial charge in [-0.1, -0.05) is 12.1 Å². The summed E-state index contributed by atoms with van der Waals surface area (Å²) in [6.07, 6.45) is -20.7. The second-order valence-electron chi connectivity index (χ2n) is 18.4. The first-order valence-electron chi connectivity index (χ1n) is 24.3. The van der Waals surface area contributed by atoms with Crippen LogP contribution in [0.1, 0.15) is 16.7 Å². The molecule has 0 bridgehead atoms. The Labute approximate surface area is 448 Å². The number of methoxy groups -OCH3 is 2. The number of hydrogen-bond acceptors (Lipinski definition) is 25. The minimum absolute atomic E-state index is 0.0261. The fourth-order valence-corrected chi connectivity index (χ4v) is 8.74. The summed E-state index contributed by atoms with van der Waals surface area (Å²) in [5.41, 5.74) is 1.19. The lowest BCUT2D eigenvalue weighted by Crippen LogP contribution is -2.64. The topological polar surface area (TPSA) is 402 Å². The summed E-state index contributed by atoms with van der Waals surface area (Å²) in [7, 11) is 2.67. The Balaban J connectivity index is 1.09. The van der Waals surface area contributed by atoms with Crippen molar-refractivity contribution in [3.63, 3.8) is 0 Å². The molecule has 16 atom stereocenters. The number of phenolic OH excluding ortho intramolecular Hbond substituents is 3. The Morgan fingerprint density at radius 1 is 0.595 bits per heavy atom. The van der Waals surface area contributed by atoms with E-state index in [1.54, 1.807) is 0 Å². The molecule has 26 nitrogen and oxygen atoms in total. The highest BCUT2D eigenvalue weighted by atomic mass is 16.8. The lowest BCUT2D eigenvalue weighted by molar-refractivity contribution is -0.363. The molecule has 3 aromatic rings. The highest BCUT2D eigenvalue weighted by Gasteiger charge is 2.53. The fraction of sp³-hybridized carbons (Fsp3) is 0.396. The highest BCUT2D eigenvalue weighted by molar-refractivity contribution is 5.87. The molecule has 14 N–H and O–H groups in total. The van der Waals surface area contributed by atoms with Crippen LogP contribution in [0.5, 0.6) is 28.7 Å². The number of rotatable bonds is 18. The van der Waals surface area contributed by atoms with E-state index in [1.165, 1.54) is 99.2 Å². The molecule has 3 saturated heterocycles. The van der Waals surface area contributed by atoms with Crippen molar-refractivity contribution in [1.29, 1.82) is 0 Å². The van der Waals surface area contributed by atoms with Crippen LogP contribution >= 0.6 is 0 Å². The Morgan fingerprint density at radius 3 is 1.67 bits per heavy atom. The molecule has 0 amide bonds. The van der Waals surface area contributed by atoms with E-state index in [9.17, 15) is 76.0 Å². The Kier molecular flexibility index (Phi) is 18.5. The Morgan fingerprint density at radius 2 is 1.11 bits per heavy atom. The number of carbonyl (C=O) groups excluding carboxylic acids is 2. The van der Waals surface area contributed by atoms with E-state index < -0.39 is 136 Å². The van der Waals surface area contributed by atoms with Gasteiger partial charge in [0.05, 0.1) is 38.0 Å². The number of aliphatic hydroxyl groups excluding tert-OH is 10. The van der Waals surface area contributed by atoms with Crippen LogP contribution in [0.15, 0.2) is 114 Å². The van der Waals surface area contributed by atoms with Crippen LogP contribution in [-0.2, 0) is 47.5 Å². The van der Waals surface area contributed by atoms with Crippen LogP contribution < -0.4 is 9.47 Å². The minimum atomic E-state index is -2.11. The van der Waals surface area contributed by atoms with E-state index in [2.05, 4.69) is 0 Å². The van der Waals surface area contributed by atoms with Gasteiger partial charge in [-0.05, 0) is 71.8 Å². The number of ether oxygens (including phenoxy) is 11. The molecule has 0 saturated carbocycles. The summed E-state index contributed by atoms with van der Waals surface area (Å²) in [5.74, 6) is -3.05. The maximum absolute atomic E-state index is 13.1. The van der Waals surface area contributed by atoms with Crippen molar-refractivity contribution in [1.82, 2.24) is 0 Å². The summed E-state index contributed by atoms with van der Waals surface area (Å²) in [5, 5.41) is 139. The first-order valence-corrected chi connectivity index (χ1v) is 24.3. The molecule has 0 aromatic heterocycles. The van der Waals surface area contributed by atoms with Crippen molar-refractivity contribution in [3.8, 4) is 28.7 Å². The SMILES string of the molecule is COc1cc(C=CC(=O)OCC2OC(OC3C(OC4=C(c5ccc(O)cc5)[OH+]C5C=C(O)C=C(OC6OC(CO)C(O)C(O)C6O)C5=C4)OC(COC(=O)C=Cc4ccc(O)c(OC)c4)C(O)C3O)C(O)C(O)C2O)ccc1O. The molecule has 8 rings (SSSR count). The molecule has 3 aromatic carbocycles. The molecule has 4 aliphatic heterocycles. The third-order valence-electron chi connectivity index (χ3n) is 13.1. The lowest BCUT2D eigenvalue weighted by atomic mass is 9.96. The third kappa shape index (κ3) is 13.3. The zero-order valence-electron chi connectivity index (χ0n) is 41.8. The van der Waals surface area contributed by atoms with E-state index in [0.717, 1.165) is 18.2 Å². The standard InChI is InChI=1S/C53H58O26/c1-69-33-15-23(3-11-29(33)57)5-13-39(59)71-21-37-42(62)45(65)48(68)52(77-37)79-50-46(66)43(63)38(22-72-40(60)14-6-24-4-12-30(58)34(16-24)70-2)78-53(50)75-35-19-28-31(73-49(35)25-7-9-26(55)10-8-25)17-27(56)18-32(28)74-51-47(67)44(64)41(61)36(20-54)76-51/h3-19,31,36-38,41-48,50-58,61-68H,20-22H2,1-2H3/p+1. The molecule has 426 valence electrons. The average Bonchev–Trinajstić information content (AvgIpc) is 3.47. The summed E-state index contributed by atoms with van der Waals surface area (Å²) in [6, 6.07) is 14.0. The summed E-state index contributed by atoms with van der Waals surface area (Å²) in [4.78, 5) is 25.9. The predicted octanol–water partition coefficient (Wildman–Crippen LogP) is -1.35. The van der Waals surface area contributed by atoms with Gasteiger partial charge < -0.3 is 118 Å². The van der Waals surface area contributed by atoms with E-state index in [4.69, 9.17) is 52.1 Å². The van der Waals surface area contributed by atoms with Gasteiger partial charge in [0.15, 0.2) is 35.4 Å². The second-order valence-corrected chi connectivity index (χ2v) is 18.4. The molecule has 79 heavy (non-hydrogen) atoms. The van der Waals surface area contributed by atoms with Gasteiger partial charge >= 0.3 is 17.7 Å². The first kappa shape index (κ1) is 57.9. The van der Waals surface area contributed by atoms with Crippen LogP contribution in [0.4, 0.5) is 0 Å². The van der Waals surface area contributed by atoms with Gasteiger partial charge in [-0.15, -0.1) is 0 Å². The molecule has 5 aliphatic rings. The average molecular weight is 1110 g/mol. The number of carbonyl (C=O) groups is 2. The maximum atomic E-state index is 13.1. The third-order valence-corrected chi connectivity index (χ3v) is 13.1. The molecule has 0 spiro atoms. The highest BCUT2D eigenvalue weighted by Crippen LogP contribution is 2.40. The van der Waals surface area contributed by atoms with Crippen LogP contribution in [0.25, 0.3) is 17.9 Å². The monoisotopic (exact) mass is 1110 g/mol. The second kappa shape index (κ2) is 25.2. The van der Waals surface area contributed by atoms with Crippen LogP contribution in [0.2, 0.25) is 0 Å². The normalized spacial score (nSPS) is 31.8. The number of fused-ring (bicyclic) bond motifs is 1. The summed E-state index contributed by atoms with van der Waals surface area (Å²) >= 11 is 0. The Bertz CT molecular complexity index is 2840. The summed E-state index contributed by atoms with van der Waals surface area (Å²) in [6.45, 7) is -2.30. The summed E-state index contributed by atoms with van der Waals surface area (Å²) < 4.78 is 61.8. The van der Waals surface area contributed by atoms with Gasteiger partial charge in [0, 0.05) is 24.3 Å². The van der Waals surface area contributed by atoms with Crippen LogP contribution in [-0.4, -0.2) is 215 Å². The zero-order valence-corrected chi connectivity index (χ0v) is 41.8. The molecule has 16 unspecified atom stereocenters. The number of allylic oxidation sites excluding steroid dienone is 2. The number of hydrogen-bond donors (Lipinski definition) is 13. The number of aromatic hydroxyl groups is 3. The van der Waals surface area contributed by atoms with E-state index in [0.29, 0.717) is 11.1 Å². The molecule has 1 aliphatic carbocycles. The quantitative estimate of drug-likeness (QED) is 0.0398. The largest absolute Gasteiger partial charge is 0.571 e. The molecule has 0 radical (unpaired) electrons. The first-order chi connectivity index (χ1) is 37.8. The van der Waals surface area contributed by atoms with Crippen molar-refractivity contribution in [2.45, 2.75) is 98.2 Å².